The summed E-state index contributed by atoms with van der Waals surface area (Å²) < 4.78 is 70.9. The van der Waals surface area contributed by atoms with E-state index in [-0.39, 0.29) is 23.0 Å². The quantitative estimate of drug-likeness (QED) is 0.374. The summed E-state index contributed by atoms with van der Waals surface area (Å²) in [5.74, 6) is 0.109. The predicted molar refractivity (Wildman–Crippen MR) is 137 cm³/mol. The largest absolute Gasteiger partial charge is 0.481 e. The number of pyridine rings is 1. The molecular weight excluding hydrogens is 507 g/mol. The monoisotopic (exact) mass is 537 g/mol. The fourth-order valence-electron chi connectivity index (χ4n) is 4.49. The lowest BCUT2D eigenvalue weighted by atomic mass is 9.93. The van der Waals surface area contributed by atoms with Gasteiger partial charge in [-0.3, -0.25) is 0 Å². The number of halogens is 3. The smallest absolute Gasteiger partial charge is 0.266 e. The van der Waals surface area contributed by atoms with E-state index in [1.54, 1.807) is 6.92 Å². The summed E-state index contributed by atoms with van der Waals surface area (Å²) >= 11 is 0. The van der Waals surface area contributed by atoms with Crippen LogP contribution in [0.4, 0.5) is 24.9 Å². The van der Waals surface area contributed by atoms with Crippen molar-refractivity contribution in [2.75, 3.05) is 35.8 Å². The fraction of sp³-hybridized carbons (Fsp3) is 0.480. The molecule has 200 valence electrons. The Bertz CT molecular complexity index is 1370. The van der Waals surface area contributed by atoms with Gasteiger partial charge in [-0.2, -0.15) is 15.0 Å². The molecule has 12 heteroatoms. The van der Waals surface area contributed by atoms with Crippen LogP contribution in [0.1, 0.15) is 68.2 Å². The van der Waals surface area contributed by atoms with Gasteiger partial charge in [0.05, 0.1) is 35.6 Å². The summed E-state index contributed by atoms with van der Waals surface area (Å²) in [7, 11) is -1.57. The molecule has 0 spiro atoms. The van der Waals surface area contributed by atoms with Crippen molar-refractivity contribution in [2.45, 2.75) is 51.5 Å². The summed E-state index contributed by atoms with van der Waals surface area (Å²) in [4.78, 5) is 13.7. The van der Waals surface area contributed by atoms with Gasteiger partial charge >= 0.3 is 0 Å². The summed E-state index contributed by atoms with van der Waals surface area (Å²) in [5, 5.41) is 6.80. The number of sulfone groups is 1. The van der Waals surface area contributed by atoms with Crippen LogP contribution < -0.4 is 15.4 Å². The molecular formula is C25H30F3N5O3S. The van der Waals surface area contributed by atoms with E-state index < -0.39 is 33.7 Å². The molecule has 2 N–H and O–H groups in total. The lowest BCUT2D eigenvalue weighted by Gasteiger charge is -2.24. The molecule has 8 nitrogen and oxygen atoms in total. The van der Waals surface area contributed by atoms with Crippen LogP contribution in [-0.2, 0) is 9.84 Å². The SMILES string of the molecule is CCCNc1nc(N[C@H](C)c2cccc(C(F)F)c2F)c2cc(C3CCS(=O)(=O)CC3)c(OC)nc2n1. The maximum absolute atomic E-state index is 14.9. The van der Waals surface area contributed by atoms with Gasteiger partial charge < -0.3 is 15.4 Å². The molecule has 0 aliphatic carbocycles. The van der Waals surface area contributed by atoms with E-state index in [0.29, 0.717) is 48.1 Å². The fourth-order valence-corrected chi connectivity index (χ4v) is 5.98. The van der Waals surface area contributed by atoms with Gasteiger partial charge in [0.25, 0.3) is 6.43 Å². The van der Waals surface area contributed by atoms with Gasteiger partial charge in [-0.1, -0.05) is 25.1 Å². The highest BCUT2D eigenvalue weighted by atomic mass is 32.2. The molecule has 1 aromatic carbocycles. The molecule has 3 aromatic rings. The zero-order chi connectivity index (χ0) is 26.7. The highest BCUT2D eigenvalue weighted by Gasteiger charge is 2.29. The Kier molecular flexibility index (Phi) is 8.05. The average Bonchev–Trinajstić information content (AvgIpc) is 2.86. The molecule has 0 saturated carbocycles. The van der Waals surface area contributed by atoms with E-state index in [1.807, 2.05) is 13.0 Å². The second-order valence-electron chi connectivity index (χ2n) is 9.12. The highest BCUT2D eigenvalue weighted by Crippen LogP contribution is 2.38. The van der Waals surface area contributed by atoms with E-state index in [9.17, 15) is 21.6 Å². The van der Waals surface area contributed by atoms with Gasteiger partial charge in [-0.15, -0.1) is 0 Å². The maximum atomic E-state index is 14.9. The molecule has 1 aliphatic rings. The predicted octanol–water partition coefficient (Wildman–Crippen LogP) is 5.40. The molecule has 0 amide bonds. The van der Waals surface area contributed by atoms with Crippen molar-refractivity contribution in [3.8, 4) is 5.88 Å². The van der Waals surface area contributed by atoms with Crippen molar-refractivity contribution in [1.82, 2.24) is 15.0 Å². The van der Waals surface area contributed by atoms with Crippen molar-refractivity contribution in [1.29, 1.82) is 0 Å². The van der Waals surface area contributed by atoms with E-state index in [0.717, 1.165) is 18.1 Å². The van der Waals surface area contributed by atoms with E-state index >= 15 is 0 Å². The molecule has 0 unspecified atom stereocenters. The summed E-state index contributed by atoms with van der Waals surface area (Å²) in [5.41, 5.74) is 0.482. The van der Waals surface area contributed by atoms with Crippen LogP contribution in [0.15, 0.2) is 24.3 Å². The molecule has 0 bridgehead atoms. The van der Waals surface area contributed by atoms with Crippen LogP contribution in [-0.4, -0.2) is 48.5 Å². The second-order valence-corrected chi connectivity index (χ2v) is 11.4. The van der Waals surface area contributed by atoms with Gasteiger partial charge in [0, 0.05) is 17.7 Å². The Balaban J connectivity index is 1.79. The molecule has 2 aromatic heterocycles. The van der Waals surface area contributed by atoms with Crippen molar-refractivity contribution >= 4 is 32.6 Å². The number of nitrogens with one attached hydrogen (secondary N) is 2. The van der Waals surface area contributed by atoms with Gasteiger partial charge in [-0.05, 0) is 38.2 Å². The molecule has 3 heterocycles. The first-order valence-corrected chi connectivity index (χ1v) is 14.0. The number of methoxy groups -OCH3 is 1. The highest BCUT2D eigenvalue weighted by molar-refractivity contribution is 7.91. The van der Waals surface area contributed by atoms with Crippen LogP contribution in [0, 0.1) is 5.82 Å². The number of fused-ring (bicyclic) bond motifs is 1. The minimum atomic E-state index is -3.06. The van der Waals surface area contributed by atoms with E-state index in [4.69, 9.17) is 4.74 Å². The van der Waals surface area contributed by atoms with E-state index in [2.05, 4.69) is 25.6 Å². The molecule has 0 radical (unpaired) electrons. The third-order valence-corrected chi connectivity index (χ3v) is 8.23. The molecule has 4 rings (SSSR count). The lowest BCUT2D eigenvalue weighted by molar-refractivity contribution is 0.146. The summed E-state index contributed by atoms with van der Waals surface area (Å²) in [6.07, 6.45) is -1.23. The zero-order valence-electron chi connectivity index (χ0n) is 20.9. The zero-order valence-corrected chi connectivity index (χ0v) is 21.7. The third kappa shape index (κ3) is 5.89. The van der Waals surface area contributed by atoms with Crippen LogP contribution >= 0.6 is 0 Å². The average molecular weight is 538 g/mol. The van der Waals surface area contributed by atoms with Crippen molar-refractivity contribution in [2.24, 2.45) is 0 Å². The van der Waals surface area contributed by atoms with E-state index in [1.165, 1.54) is 19.2 Å². The minimum Gasteiger partial charge on any atom is -0.481 e. The summed E-state index contributed by atoms with van der Waals surface area (Å²) in [6.45, 7) is 4.26. The van der Waals surface area contributed by atoms with Crippen LogP contribution in [0.25, 0.3) is 11.0 Å². The Morgan fingerprint density at radius 2 is 1.84 bits per heavy atom. The number of hydrogen-bond acceptors (Lipinski definition) is 8. The van der Waals surface area contributed by atoms with Gasteiger partial charge in [-0.25, -0.2) is 21.6 Å². The minimum absolute atomic E-state index is 0.0758. The van der Waals surface area contributed by atoms with Crippen LogP contribution in [0.5, 0.6) is 5.88 Å². The normalized spacial score (nSPS) is 16.6. The first-order chi connectivity index (χ1) is 17.6. The first-order valence-electron chi connectivity index (χ1n) is 12.2. The number of rotatable bonds is 9. The van der Waals surface area contributed by atoms with Crippen molar-refractivity contribution < 1.29 is 26.3 Å². The Labute approximate surface area is 214 Å². The molecule has 1 aliphatic heterocycles. The number of nitrogens with zero attached hydrogens (tertiary/aromatic N) is 3. The first kappa shape index (κ1) is 26.9. The van der Waals surface area contributed by atoms with Crippen molar-refractivity contribution in [3.05, 3.63) is 46.8 Å². The topological polar surface area (TPSA) is 106 Å². The van der Waals surface area contributed by atoms with Crippen LogP contribution in [0.2, 0.25) is 0 Å². The molecule has 1 fully saturated rings. The number of hydrogen-bond donors (Lipinski definition) is 2. The molecule has 1 saturated heterocycles. The van der Waals surface area contributed by atoms with Gasteiger partial charge in [0.2, 0.25) is 11.8 Å². The standard InChI is InChI=1S/C25H30F3N5O3S/c1-4-10-29-25-32-22(30-14(2)16-6-5-7-17(20(16)26)21(27)28)19-13-18(24(36-3)31-23(19)33-25)15-8-11-37(34,35)12-9-15/h5-7,13-15,21H,4,8-12H2,1-3H3,(H2,29,30,31,32,33)/t14-/m1/s1. The number of anilines is 2. The molecule has 1 atom stereocenters. The van der Waals surface area contributed by atoms with Gasteiger partial charge in [0.15, 0.2) is 5.65 Å². The van der Waals surface area contributed by atoms with Crippen LogP contribution in [0.3, 0.4) is 0 Å². The second kappa shape index (κ2) is 11.1. The number of benzene rings is 1. The lowest BCUT2D eigenvalue weighted by Crippen LogP contribution is -2.22. The summed E-state index contributed by atoms with van der Waals surface area (Å²) in [6, 6.07) is 5.03. The van der Waals surface area contributed by atoms with Gasteiger partial charge in [0.1, 0.15) is 21.5 Å². The number of alkyl halides is 2. The Morgan fingerprint density at radius 3 is 2.49 bits per heavy atom. The maximum Gasteiger partial charge on any atom is 0.266 e. The Hall–Kier alpha value is -3.15. The Morgan fingerprint density at radius 1 is 1.14 bits per heavy atom. The van der Waals surface area contributed by atoms with Crippen molar-refractivity contribution in [3.63, 3.8) is 0 Å². The molecule has 37 heavy (non-hydrogen) atoms. The third-order valence-electron chi connectivity index (χ3n) is 6.51. The number of aromatic nitrogens is 3. The number of ether oxygens (including phenoxy) is 1.